The zero-order valence-electron chi connectivity index (χ0n) is 11.4. The van der Waals surface area contributed by atoms with Gasteiger partial charge in [-0.25, -0.2) is 4.68 Å². The van der Waals surface area contributed by atoms with Crippen LogP contribution in [-0.4, -0.2) is 9.78 Å². The number of para-hydroxylation sites is 1. The summed E-state index contributed by atoms with van der Waals surface area (Å²) in [6.07, 6.45) is 0.819. The SMILES string of the molecule is Cc1ccccc1-n1[nH]c(C)c(CC(C)C)c1=O. The Morgan fingerprint density at radius 3 is 2.50 bits per heavy atom. The quantitative estimate of drug-likeness (QED) is 0.885. The molecule has 0 atom stereocenters. The van der Waals surface area contributed by atoms with Gasteiger partial charge in [0, 0.05) is 11.3 Å². The van der Waals surface area contributed by atoms with E-state index in [4.69, 9.17) is 0 Å². The monoisotopic (exact) mass is 244 g/mol. The van der Waals surface area contributed by atoms with Gasteiger partial charge in [-0.1, -0.05) is 32.0 Å². The molecule has 0 radical (unpaired) electrons. The molecule has 0 unspecified atom stereocenters. The molecule has 96 valence electrons. The van der Waals surface area contributed by atoms with Crippen LogP contribution >= 0.6 is 0 Å². The summed E-state index contributed by atoms with van der Waals surface area (Å²) in [6.45, 7) is 8.24. The third-order valence-corrected chi connectivity index (χ3v) is 3.16. The van der Waals surface area contributed by atoms with Crippen molar-refractivity contribution in [3.8, 4) is 5.69 Å². The van der Waals surface area contributed by atoms with Gasteiger partial charge in [-0.3, -0.25) is 9.89 Å². The molecule has 0 amide bonds. The first-order valence-corrected chi connectivity index (χ1v) is 6.37. The highest BCUT2D eigenvalue weighted by Crippen LogP contribution is 2.13. The van der Waals surface area contributed by atoms with Crippen molar-refractivity contribution in [3.05, 3.63) is 51.4 Å². The lowest BCUT2D eigenvalue weighted by molar-refractivity contribution is 0.642. The molecule has 0 saturated heterocycles. The second-order valence-corrected chi connectivity index (χ2v) is 5.24. The van der Waals surface area contributed by atoms with Gasteiger partial charge in [0.15, 0.2) is 0 Å². The van der Waals surface area contributed by atoms with E-state index in [0.29, 0.717) is 5.92 Å². The van der Waals surface area contributed by atoms with Gasteiger partial charge in [0.1, 0.15) is 0 Å². The summed E-state index contributed by atoms with van der Waals surface area (Å²) < 4.78 is 1.66. The predicted molar refractivity (Wildman–Crippen MR) is 74.4 cm³/mol. The van der Waals surface area contributed by atoms with Gasteiger partial charge in [-0.05, 0) is 37.8 Å². The van der Waals surface area contributed by atoms with Crippen molar-refractivity contribution in [1.29, 1.82) is 0 Å². The second-order valence-electron chi connectivity index (χ2n) is 5.24. The highest BCUT2D eigenvalue weighted by atomic mass is 16.1. The van der Waals surface area contributed by atoms with E-state index in [2.05, 4.69) is 18.9 Å². The number of rotatable bonds is 3. The normalized spacial score (nSPS) is 11.2. The Labute approximate surface area is 107 Å². The number of nitrogens with one attached hydrogen (secondary N) is 1. The van der Waals surface area contributed by atoms with Crippen LogP contribution < -0.4 is 5.56 Å². The van der Waals surface area contributed by atoms with Crippen LogP contribution in [0.3, 0.4) is 0 Å². The van der Waals surface area contributed by atoms with Gasteiger partial charge in [-0.15, -0.1) is 0 Å². The van der Waals surface area contributed by atoms with Crippen molar-refractivity contribution < 1.29 is 0 Å². The smallest absolute Gasteiger partial charge is 0.274 e. The Kier molecular flexibility index (Phi) is 3.41. The standard InChI is InChI=1S/C15H20N2O/c1-10(2)9-13-12(4)16-17(15(13)18)14-8-6-5-7-11(14)3/h5-8,10,16H,9H2,1-4H3. The minimum absolute atomic E-state index is 0.0792. The third-order valence-electron chi connectivity index (χ3n) is 3.16. The zero-order chi connectivity index (χ0) is 13.3. The Balaban J connectivity index is 2.55. The van der Waals surface area contributed by atoms with E-state index in [0.717, 1.165) is 28.9 Å². The van der Waals surface area contributed by atoms with Gasteiger partial charge in [0.05, 0.1) is 5.69 Å². The molecule has 2 rings (SSSR count). The molecule has 2 aromatic rings. The molecule has 0 spiro atoms. The molecule has 1 aromatic heterocycles. The molecule has 1 heterocycles. The van der Waals surface area contributed by atoms with Gasteiger partial charge < -0.3 is 0 Å². The molecular formula is C15H20N2O. The molecule has 0 aliphatic heterocycles. The molecular weight excluding hydrogens is 224 g/mol. The van der Waals surface area contributed by atoms with E-state index in [1.165, 1.54) is 0 Å². The molecule has 1 aromatic carbocycles. The number of hydrogen-bond donors (Lipinski definition) is 1. The summed E-state index contributed by atoms with van der Waals surface area (Å²) in [5.41, 5.74) is 3.97. The Bertz CT molecular complexity index is 605. The number of aryl methyl sites for hydroxylation is 2. The fourth-order valence-electron chi connectivity index (χ4n) is 2.21. The molecule has 0 aliphatic rings. The molecule has 18 heavy (non-hydrogen) atoms. The third kappa shape index (κ3) is 2.26. The van der Waals surface area contributed by atoms with Crippen molar-refractivity contribution in [2.45, 2.75) is 34.1 Å². The van der Waals surface area contributed by atoms with E-state index in [9.17, 15) is 4.79 Å². The second kappa shape index (κ2) is 4.84. The maximum absolute atomic E-state index is 12.4. The highest BCUT2D eigenvalue weighted by molar-refractivity contribution is 5.40. The minimum atomic E-state index is 0.0792. The van der Waals surface area contributed by atoms with Crippen LogP contribution in [0.2, 0.25) is 0 Å². The lowest BCUT2D eigenvalue weighted by atomic mass is 10.0. The average Bonchev–Trinajstić information content (AvgIpc) is 2.57. The first-order chi connectivity index (χ1) is 8.50. The Morgan fingerprint density at radius 1 is 1.22 bits per heavy atom. The summed E-state index contributed by atoms with van der Waals surface area (Å²) in [6, 6.07) is 7.91. The van der Waals surface area contributed by atoms with Crippen LogP contribution in [0.5, 0.6) is 0 Å². The first kappa shape index (κ1) is 12.7. The van der Waals surface area contributed by atoms with E-state index in [-0.39, 0.29) is 5.56 Å². The van der Waals surface area contributed by atoms with Crippen LogP contribution in [0, 0.1) is 19.8 Å². The summed E-state index contributed by atoms with van der Waals surface area (Å²) in [7, 11) is 0. The Morgan fingerprint density at radius 2 is 1.89 bits per heavy atom. The molecule has 3 nitrogen and oxygen atoms in total. The van der Waals surface area contributed by atoms with Gasteiger partial charge in [0.2, 0.25) is 0 Å². The van der Waals surface area contributed by atoms with E-state index in [1.54, 1.807) is 4.68 Å². The van der Waals surface area contributed by atoms with Crippen molar-refractivity contribution in [1.82, 2.24) is 9.78 Å². The lowest BCUT2D eigenvalue weighted by Gasteiger charge is -2.05. The van der Waals surface area contributed by atoms with Crippen molar-refractivity contribution >= 4 is 0 Å². The van der Waals surface area contributed by atoms with Crippen LogP contribution in [-0.2, 0) is 6.42 Å². The number of benzene rings is 1. The molecule has 0 saturated carbocycles. The van der Waals surface area contributed by atoms with Crippen molar-refractivity contribution in [2.75, 3.05) is 0 Å². The number of H-pyrrole nitrogens is 1. The Hall–Kier alpha value is -1.77. The zero-order valence-corrected chi connectivity index (χ0v) is 11.4. The van der Waals surface area contributed by atoms with E-state index >= 15 is 0 Å². The molecule has 0 aliphatic carbocycles. The van der Waals surface area contributed by atoms with Crippen LogP contribution in [0.25, 0.3) is 5.69 Å². The maximum Gasteiger partial charge on any atom is 0.274 e. The molecule has 0 fully saturated rings. The maximum atomic E-state index is 12.4. The first-order valence-electron chi connectivity index (χ1n) is 6.37. The molecule has 1 N–H and O–H groups in total. The topological polar surface area (TPSA) is 37.8 Å². The van der Waals surface area contributed by atoms with Gasteiger partial charge in [0.25, 0.3) is 5.56 Å². The van der Waals surface area contributed by atoms with E-state index < -0.39 is 0 Å². The van der Waals surface area contributed by atoms with Crippen LogP contribution in [0.1, 0.15) is 30.7 Å². The summed E-state index contributed by atoms with van der Waals surface area (Å²) in [4.78, 5) is 12.4. The van der Waals surface area contributed by atoms with E-state index in [1.807, 2.05) is 38.1 Å². The van der Waals surface area contributed by atoms with Crippen LogP contribution in [0.15, 0.2) is 29.1 Å². The summed E-state index contributed by atoms with van der Waals surface area (Å²) in [5, 5.41) is 3.18. The minimum Gasteiger partial charge on any atom is -0.295 e. The number of aromatic nitrogens is 2. The van der Waals surface area contributed by atoms with Crippen molar-refractivity contribution in [3.63, 3.8) is 0 Å². The van der Waals surface area contributed by atoms with Gasteiger partial charge >= 0.3 is 0 Å². The van der Waals surface area contributed by atoms with Gasteiger partial charge in [-0.2, -0.15) is 0 Å². The fraction of sp³-hybridized carbons (Fsp3) is 0.400. The number of hydrogen-bond acceptors (Lipinski definition) is 1. The molecule has 3 heteroatoms. The average molecular weight is 244 g/mol. The number of nitrogens with zero attached hydrogens (tertiary/aromatic N) is 1. The van der Waals surface area contributed by atoms with Crippen molar-refractivity contribution in [2.24, 2.45) is 5.92 Å². The lowest BCUT2D eigenvalue weighted by Crippen LogP contribution is -2.19. The fourth-order valence-corrected chi connectivity index (χ4v) is 2.21. The predicted octanol–water partition coefficient (Wildman–Crippen LogP) is 2.98. The molecule has 0 bridgehead atoms. The highest BCUT2D eigenvalue weighted by Gasteiger charge is 2.14. The summed E-state index contributed by atoms with van der Waals surface area (Å²) in [5.74, 6) is 0.484. The number of aromatic amines is 1. The van der Waals surface area contributed by atoms with Crippen LogP contribution in [0.4, 0.5) is 0 Å². The largest absolute Gasteiger partial charge is 0.295 e. The summed E-state index contributed by atoms with van der Waals surface area (Å²) >= 11 is 0.